The van der Waals surface area contributed by atoms with E-state index in [9.17, 15) is 0 Å². The maximum atomic E-state index is 5.51. The third-order valence-electron chi connectivity index (χ3n) is 3.32. The molecular weight excluding hydrogens is 266 g/mol. The third-order valence-corrected chi connectivity index (χ3v) is 3.32. The molecule has 0 fully saturated rings. The molecule has 0 aliphatic rings. The molecule has 0 bridgehead atoms. The molecule has 0 saturated carbocycles. The molecule has 0 atom stereocenters. The summed E-state index contributed by atoms with van der Waals surface area (Å²) in [5.74, 6) is 0.760. The smallest absolute Gasteiger partial charge is 0.165 e. The maximum Gasteiger partial charge on any atom is 0.165 e. The van der Waals surface area contributed by atoms with E-state index in [4.69, 9.17) is 5.73 Å². The number of rotatable bonds is 8. The Hall–Kier alpha value is -1.73. The summed E-state index contributed by atoms with van der Waals surface area (Å²) in [6, 6.07) is 0. The Bertz CT molecular complexity index is 570. The van der Waals surface area contributed by atoms with Gasteiger partial charge in [0.25, 0.3) is 0 Å². The summed E-state index contributed by atoms with van der Waals surface area (Å²) in [6.07, 6.45) is 5.73. The van der Waals surface area contributed by atoms with Gasteiger partial charge in [-0.25, -0.2) is 15.0 Å². The number of nitrogens with two attached hydrogens (primary N) is 1. The van der Waals surface area contributed by atoms with Crippen LogP contribution in [0.25, 0.3) is 11.2 Å². The highest BCUT2D eigenvalue weighted by Gasteiger charge is 2.10. The predicted octanol–water partition coefficient (Wildman–Crippen LogP) is 0.683. The molecule has 7 nitrogen and oxygen atoms in total. The zero-order valence-corrected chi connectivity index (χ0v) is 13.2. The molecular formula is C14H26N7+. The van der Waals surface area contributed by atoms with Crippen LogP contribution in [-0.4, -0.2) is 64.8 Å². The monoisotopic (exact) mass is 292 g/mol. The fourth-order valence-electron chi connectivity index (χ4n) is 2.23. The van der Waals surface area contributed by atoms with Crippen molar-refractivity contribution in [2.45, 2.75) is 19.4 Å². The van der Waals surface area contributed by atoms with Gasteiger partial charge in [0.15, 0.2) is 11.5 Å². The fourth-order valence-corrected chi connectivity index (χ4v) is 2.23. The summed E-state index contributed by atoms with van der Waals surface area (Å²) in [5, 5.41) is 3.18. The Morgan fingerprint density at radius 2 is 2.00 bits per heavy atom. The third kappa shape index (κ3) is 4.37. The average molecular weight is 292 g/mol. The number of unbranched alkanes of at least 4 members (excludes halogenated alkanes) is 1. The second-order valence-electron chi connectivity index (χ2n) is 6.27. The fraction of sp³-hybridized carbons (Fsp3) is 0.643. The Morgan fingerprint density at radius 3 is 2.71 bits per heavy atom. The number of hydrogen-bond acceptors (Lipinski definition) is 5. The van der Waals surface area contributed by atoms with E-state index in [1.807, 2.05) is 6.33 Å². The van der Waals surface area contributed by atoms with Gasteiger partial charge in [0, 0.05) is 19.6 Å². The second-order valence-corrected chi connectivity index (χ2v) is 6.27. The highest BCUT2D eigenvalue weighted by atomic mass is 15.3. The van der Waals surface area contributed by atoms with E-state index in [0.29, 0.717) is 13.1 Å². The van der Waals surface area contributed by atoms with Crippen LogP contribution < -0.4 is 11.1 Å². The molecule has 0 aromatic carbocycles. The number of imidazole rings is 1. The lowest BCUT2D eigenvalue weighted by atomic mass is 10.3. The van der Waals surface area contributed by atoms with Crippen LogP contribution in [0.2, 0.25) is 0 Å². The average Bonchev–Trinajstić information content (AvgIpc) is 2.84. The van der Waals surface area contributed by atoms with E-state index in [-0.39, 0.29) is 0 Å². The molecule has 2 aromatic rings. The van der Waals surface area contributed by atoms with Gasteiger partial charge in [-0.3, -0.25) is 0 Å². The summed E-state index contributed by atoms with van der Waals surface area (Å²) in [5.41, 5.74) is 7.21. The molecule has 0 radical (unpaired) electrons. The van der Waals surface area contributed by atoms with Gasteiger partial charge < -0.3 is 20.1 Å². The van der Waals surface area contributed by atoms with Crippen molar-refractivity contribution in [2.24, 2.45) is 5.73 Å². The molecule has 7 heteroatoms. The zero-order valence-electron chi connectivity index (χ0n) is 13.2. The summed E-state index contributed by atoms with van der Waals surface area (Å²) in [6.45, 7) is 3.36. The highest BCUT2D eigenvalue weighted by molar-refractivity contribution is 5.82. The molecule has 2 rings (SSSR count). The molecule has 3 N–H and O–H groups in total. The van der Waals surface area contributed by atoms with Crippen molar-refractivity contribution in [3.05, 3.63) is 12.7 Å². The molecule has 116 valence electrons. The van der Waals surface area contributed by atoms with E-state index >= 15 is 0 Å². The first-order valence-corrected chi connectivity index (χ1v) is 7.41. The van der Waals surface area contributed by atoms with Crippen molar-refractivity contribution in [3.8, 4) is 0 Å². The minimum absolute atomic E-state index is 0.567. The molecule has 0 aliphatic heterocycles. The Labute approximate surface area is 125 Å². The minimum atomic E-state index is 0.567. The summed E-state index contributed by atoms with van der Waals surface area (Å²) < 4.78 is 3.10. The Morgan fingerprint density at radius 1 is 1.19 bits per heavy atom. The summed E-state index contributed by atoms with van der Waals surface area (Å²) in [7, 11) is 6.65. The lowest BCUT2D eigenvalue weighted by molar-refractivity contribution is -0.870. The standard InChI is InChI=1S/C14H26N7/c1-21(2,3)9-5-4-8-20-11-19-12-13(16-7-6-15)17-10-18-14(12)20/h10-11H,4-9,15H2,1-3H3,(H,16,17,18)/q+1. The van der Waals surface area contributed by atoms with E-state index in [1.165, 1.54) is 13.0 Å². The van der Waals surface area contributed by atoms with Crippen LogP contribution in [0.15, 0.2) is 12.7 Å². The van der Waals surface area contributed by atoms with Crippen molar-refractivity contribution < 1.29 is 4.48 Å². The first-order chi connectivity index (χ1) is 10.0. The molecule has 2 aromatic heterocycles. The van der Waals surface area contributed by atoms with E-state index < -0.39 is 0 Å². The minimum Gasteiger partial charge on any atom is -0.367 e. The lowest BCUT2D eigenvalue weighted by Gasteiger charge is -2.23. The number of quaternary nitrogens is 1. The Kier molecular flexibility index (Phi) is 5.08. The van der Waals surface area contributed by atoms with Gasteiger partial charge in [0.05, 0.1) is 34.0 Å². The van der Waals surface area contributed by atoms with Crippen LogP contribution in [0.1, 0.15) is 12.8 Å². The number of anilines is 1. The number of fused-ring (bicyclic) bond motifs is 1. The topological polar surface area (TPSA) is 81.7 Å². The molecule has 0 aliphatic carbocycles. The van der Waals surface area contributed by atoms with Crippen LogP contribution in [0.3, 0.4) is 0 Å². The zero-order chi connectivity index (χ0) is 15.3. The van der Waals surface area contributed by atoms with Crippen molar-refractivity contribution in [1.82, 2.24) is 19.5 Å². The molecule has 2 heterocycles. The van der Waals surface area contributed by atoms with Crippen LogP contribution >= 0.6 is 0 Å². The van der Waals surface area contributed by atoms with Gasteiger partial charge in [-0.2, -0.15) is 0 Å². The van der Waals surface area contributed by atoms with E-state index in [1.54, 1.807) is 6.33 Å². The van der Waals surface area contributed by atoms with Crippen LogP contribution in [0.5, 0.6) is 0 Å². The van der Waals surface area contributed by atoms with Gasteiger partial charge in [0.2, 0.25) is 0 Å². The molecule has 0 amide bonds. The molecule has 0 spiro atoms. The van der Waals surface area contributed by atoms with E-state index in [2.05, 4.69) is 46.0 Å². The molecule has 0 unspecified atom stereocenters. The van der Waals surface area contributed by atoms with Crippen LogP contribution in [0.4, 0.5) is 5.82 Å². The predicted molar refractivity (Wildman–Crippen MR) is 85.0 cm³/mol. The first-order valence-electron chi connectivity index (χ1n) is 7.41. The van der Waals surface area contributed by atoms with Crippen molar-refractivity contribution >= 4 is 17.0 Å². The quantitative estimate of drug-likeness (QED) is 0.552. The normalized spacial score (nSPS) is 12.0. The van der Waals surface area contributed by atoms with Gasteiger partial charge in [0.1, 0.15) is 11.8 Å². The van der Waals surface area contributed by atoms with Crippen LogP contribution in [0, 0.1) is 0 Å². The second kappa shape index (κ2) is 6.82. The molecule has 21 heavy (non-hydrogen) atoms. The van der Waals surface area contributed by atoms with Crippen molar-refractivity contribution in [1.29, 1.82) is 0 Å². The lowest BCUT2D eigenvalue weighted by Crippen LogP contribution is -2.35. The number of nitrogens with zero attached hydrogens (tertiary/aromatic N) is 5. The molecule has 0 saturated heterocycles. The SMILES string of the molecule is C[N+](C)(C)CCCCn1cnc2c(NCCN)ncnc21. The largest absolute Gasteiger partial charge is 0.367 e. The Balaban J connectivity index is 2.01. The van der Waals surface area contributed by atoms with Gasteiger partial charge in [-0.1, -0.05) is 0 Å². The van der Waals surface area contributed by atoms with E-state index in [0.717, 1.165) is 34.4 Å². The first kappa shape index (κ1) is 15.7. The number of aryl methyl sites for hydroxylation is 1. The van der Waals surface area contributed by atoms with Crippen molar-refractivity contribution in [2.75, 3.05) is 46.1 Å². The number of aromatic nitrogens is 4. The van der Waals surface area contributed by atoms with Gasteiger partial charge >= 0.3 is 0 Å². The number of nitrogens with one attached hydrogen (secondary N) is 1. The van der Waals surface area contributed by atoms with Gasteiger partial charge in [-0.15, -0.1) is 0 Å². The van der Waals surface area contributed by atoms with Crippen molar-refractivity contribution in [3.63, 3.8) is 0 Å². The van der Waals surface area contributed by atoms with Gasteiger partial charge in [-0.05, 0) is 12.8 Å². The highest BCUT2D eigenvalue weighted by Crippen LogP contribution is 2.17. The maximum absolute atomic E-state index is 5.51. The summed E-state index contributed by atoms with van der Waals surface area (Å²) in [4.78, 5) is 13.0. The van der Waals surface area contributed by atoms with Crippen LogP contribution in [-0.2, 0) is 6.54 Å². The number of hydrogen-bond donors (Lipinski definition) is 2. The summed E-state index contributed by atoms with van der Waals surface area (Å²) >= 11 is 0.